The summed E-state index contributed by atoms with van der Waals surface area (Å²) in [7, 11) is -2.00. The van der Waals surface area contributed by atoms with Crippen LogP contribution in [0.15, 0.2) is 65.6 Å². The zero-order chi connectivity index (χ0) is 18.1. The second-order valence-corrected chi connectivity index (χ2v) is 8.29. The van der Waals surface area contributed by atoms with E-state index in [9.17, 15) is 8.42 Å². The van der Waals surface area contributed by atoms with Gasteiger partial charge in [-0.1, -0.05) is 36.4 Å². The van der Waals surface area contributed by atoms with Crippen molar-refractivity contribution in [2.45, 2.75) is 11.4 Å². The largest absolute Gasteiger partial charge is 0.486 e. The molecule has 0 bridgehead atoms. The van der Waals surface area contributed by atoms with Gasteiger partial charge < -0.3 is 9.47 Å². The molecule has 0 spiro atoms. The van der Waals surface area contributed by atoms with E-state index in [1.165, 1.54) is 4.31 Å². The first kappa shape index (κ1) is 16.9. The fourth-order valence-corrected chi connectivity index (χ4v) is 4.23. The van der Waals surface area contributed by atoms with Crippen LogP contribution < -0.4 is 9.47 Å². The van der Waals surface area contributed by atoms with Gasteiger partial charge in [-0.25, -0.2) is 8.42 Å². The van der Waals surface area contributed by atoms with Crippen molar-refractivity contribution in [2.24, 2.45) is 0 Å². The van der Waals surface area contributed by atoms with E-state index in [0.717, 1.165) is 16.3 Å². The number of hydrogen-bond acceptors (Lipinski definition) is 4. The van der Waals surface area contributed by atoms with Crippen molar-refractivity contribution in [1.82, 2.24) is 4.31 Å². The average molecular weight is 369 g/mol. The number of sulfonamides is 1. The molecular formula is C20H19NO4S. The van der Waals surface area contributed by atoms with Crippen molar-refractivity contribution >= 4 is 20.8 Å². The van der Waals surface area contributed by atoms with E-state index < -0.39 is 10.0 Å². The molecule has 1 heterocycles. The number of fused-ring (bicyclic) bond motifs is 2. The second-order valence-electron chi connectivity index (χ2n) is 6.25. The van der Waals surface area contributed by atoms with Crippen LogP contribution in [0.1, 0.15) is 5.56 Å². The Morgan fingerprint density at radius 1 is 0.885 bits per heavy atom. The Bertz CT molecular complexity index is 1060. The van der Waals surface area contributed by atoms with E-state index >= 15 is 0 Å². The second kappa shape index (κ2) is 6.63. The van der Waals surface area contributed by atoms with Gasteiger partial charge >= 0.3 is 0 Å². The van der Waals surface area contributed by atoms with Crippen LogP contribution in [-0.2, 0) is 16.6 Å². The van der Waals surface area contributed by atoms with Gasteiger partial charge in [0.15, 0.2) is 11.5 Å². The molecule has 0 fully saturated rings. The Kier molecular flexibility index (Phi) is 4.30. The minimum Gasteiger partial charge on any atom is -0.486 e. The zero-order valence-electron chi connectivity index (χ0n) is 14.4. The van der Waals surface area contributed by atoms with Crippen LogP contribution in [-0.4, -0.2) is 33.0 Å². The van der Waals surface area contributed by atoms with Crippen molar-refractivity contribution in [3.05, 3.63) is 66.2 Å². The van der Waals surface area contributed by atoms with Crippen LogP contribution in [0.5, 0.6) is 11.5 Å². The van der Waals surface area contributed by atoms with Crippen LogP contribution in [0.4, 0.5) is 0 Å². The number of ether oxygens (including phenoxy) is 2. The molecule has 0 aromatic heterocycles. The summed E-state index contributed by atoms with van der Waals surface area (Å²) in [6.07, 6.45) is 0. The first-order valence-electron chi connectivity index (χ1n) is 8.38. The quantitative estimate of drug-likeness (QED) is 0.707. The summed E-state index contributed by atoms with van der Waals surface area (Å²) in [5.74, 6) is 1.35. The number of rotatable bonds is 4. The maximum Gasteiger partial charge on any atom is 0.243 e. The number of nitrogens with zero attached hydrogens (tertiary/aromatic N) is 1. The fourth-order valence-electron chi connectivity index (χ4n) is 3.04. The van der Waals surface area contributed by atoms with Crippen molar-refractivity contribution in [2.75, 3.05) is 20.3 Å². The lowest BCUT2D eigenvalue weighted by molar-refractivity contribution is 0.171. The minimum atomic E-state index is -3.59. The molecule has 0 saturated heterocycles. The van der Waals surface area contributed by atoms with Crippen LogP contribution in [0.25, 0.3) is 10.8 Å². The lowest BCUT2D eigenvalue weighted by Crippen LogP contribution is -2.26. The standard InChI is InChI=1S/C20H19NO4S/c1-21(14-15-6-9-19-20(12-15)25-11-10-24-19)26(22,23)18-8-7-16-4-2-3-5-17(16)13-18/h2-9,12-13H,10-11,14H2,1H3. The number of hydrogen-bond donors (Lipinski definition) is 0. The molecule has 4 rings (SSSR count). The topological polar surface area (TPSA) is 55.8 Å². The summed E-state index contributed by atoms with van der Waals surface area (Å²) in [6.45, 7) is 1.29. The Morgan fingerprint density at radius 3 is 2.42 bits per heavy atom. The molecule has 3 aromatic carbocycles. The van der Waals surface area contributed by atoms with Crippen LogP contribution >= 0.6 is 0 Å². The van der Waals surface area contributed by atoms with Gasteiger partial charge in [0.2, 0.25) is 10.0 Å². The zero-order valence-corrected chi connectivity index (χ0v) is 15.2. The van der Waals surface area contributed by atoms with E-state index in [0.29, 0.717) is 24.7 Å². The fraction of sp³-hybridized carbons (Fsp3) is 0.200. The third-order valence-electron chi connectivity index (χ3n) is 4.44. The highest BCUT2D eigenvalue weighted by Gasteiger charge is 2.22. The number of benzene rings is 3. The predicted molar refractivity (Wildman–Crippen MR) is 100 cm³/mol. The molecule has 1 aliphatic rings. The summed E-state index contributed by atoms with van der Waals surface area (Å²) in [6, 6.07) is 18.4. The van der Waals surface area contributed by atoms with Gasteiger partial charge in [-0.05, 0) is 40.6 Å². The minimum absolute atomic E-state index is 0.256. The highest BCUT2D eigenvalue weighted by Crippen LogP contribution is 2.31. The summed E-state index contributed by atoms with van der Waals surface area (Å²) in [5, 5.41) is 1.92. The van der Waals surface area contributed by atoms with Crippen molar-refractivity contribution < 1.29 is 17.9 Å². The van der Waals surface area contributed by atoms with E-state index in [2.05, 4.69) is 0 Å². The van der Waals surface area contributed by atoms with Crippen molar-refractivity contribution in [3.63, 3.8) is 0 Å². The van der Waals surface area contributed by atoms with Crippen LogP contribution in [0.2, 0.25) is 0 Å². The maximum absolute atomic E-state index is 12.9. The van der Waals surface area contributed by atoms with E-state index in [4.69, 9.17) is 9.47 Å². The third kappa shape index (κ3) is 3.13. The molecule has 134 valence electrons. The monoisotopic (exact) mass is 369 g/mol. The van der Waals surface area contributed by atoms with Crippen molar-refractivity contribution in [3.8, 4) is 11.5 Å². The molecule has 0 unspecified atom stereocenters. The normalized spacial score (nSPS) is 13.9. The molecule has 0 saturated carbocycles. The van der Waals surface area contributed by atoms with Crippen LogP contribution in [0, 0.1) is 0 Å². The van der Waals surface area contributed by atoms with Gasteiger partial charge in [-0.15, -0.1) is 0 Å². The average Bonchev–Trinajstić information content (AvgIpc) is 2.67. The first-order chi connectivity index (χ1) is 12.5. The first-order valence-corrected chi connectivity index (χ1v) is 9.82. The molecule has 6 heteroatoms. The molecule has 0 aliphatic carbocycles. The molecular weight excluding hydrogens is 350 g/mol. The smallest absolute Gasteiger partial charge is 0.243 e. The summed E-state index contributed by atoms with van der Waals surface area (Å²) in [5.41, 5.74) is 0.848. The molecule has 3 aromatic rings. The highest BCUT2D eigenvalue weighted by molar-refractivity contribution is 7.89. The Hall–Kier alpha value is -2.57. The predicted octanol–water partition coefficient (Wildman–Crippen LogP) is 3.43. The molecule has 0 radical (unpaired) electrons. The highest BCUT2D eigenvalue weighted by atomic mass is 32.2. The van der Waals surface area contributed by atoms with Crippen LogP contribution in [0.3, 0.4) is 0 Å². The van der Waals surface area contributed by atoms with E-state index in [-0.39, 0.29) is 11.4 Å². The molecule has 5 nitrogen and oxygen atoms in total. The Labute approximate surface area is 152 Å². The lowest BCUT2D eigenvalue weighted by atomic mass is 10.1. The molecule has 1 aliphatic heterocycles. The molecule has 0 amide bonds. The van der Waals surface area contributed by atoms with E-state index in [1.54, 1.807) is 19.2 Å². The third-order valence-corrected chi connectivity index (χ3v) is 6.24. The van der Waals surface area contributed by atoms with E-state index in [1.807, 2.05) is 48.5 Å². The Morgan fingerprint density at radius 2 is 1.62 bits per heavy atom. The van der Waals surface area contributed by atoms with Gasteiger partial charge in [0.1, 0.15) is 13.2 Å². The lowest BCUT2D eigenvalue weighted by Gasteiger charge is -2.21. The summed E-state index contributed by atoms with van der Waals surface area (Å²) in [4.78, 5) is 0.288. The van der Waals surface area contributed by atoms with Gasteiger partial charge in [-0.3, -0.25) is 0 Å². The van der Waals surface area contributed by atoms with Gasteiger partial charge in [-0.2, -0.15) is 4.31 Å². The SMILES string of the molecule is CN(Cc1ccc2c(c1)OCCO2)S(=O)(=O)c1ccc2ccccc2c1. The van der Waals surface area contributed by atoms with Gasteiger partial charge in [0.25, 0.3) is 0 Å². The summed E-state index contributed by atoms with van der Waals surface area (Å²) >= 11 is 0. The van der Waals surface area contributed by atoms with Crippen molar-refractivity contribution in [1.29, 1.82) is 0 Å². The molecule has 0 N–H and O–H groups in total. The Balaban J connectivity index is 1.60. The summed E-state index contributed by atoms with van der Waals surface area (Å²) < 4.78 is 38.3. The molecule has 26 heavy (non-hydrogen) atoms. The van der Waals surface area contributed by atoms with Gasteiger partial charge in [0, 0.05) is 13.6 Å². The molecule has 0 atom stereocenters. The van der Waals surface area contributed by atoms with Gasteiger partial charge in [0.05, 0.1) is 4.90 Å². The maximum atomic E-state index is 12.9.